The van der Waals surface area contributed by atoms with Gasteiger partial charge in [-0.1, -0.05) is 30.3 Å². The minimum Gasteiger partial charge on any atom is -0.455 e. The smallest absolute Gasteiger partial charge is 0.375 e. The first kappa shape index (κ1) is 15.3. The highest BCUT2D eigenvalue weighted by molar-refractivity contribution is 7.90. The Bertz CT molecular complexity index is 865. The van der Waals surface area contributed by atoms with Crippen LogP contribution in [0.4, 0.5) is 0 Å². The van der Waals surface area contributed by atoms with Gasteiger partial charge in [-0.05, 0) is 29.8 Å². The minimum absolute atomic E-state index is 0.0965. The molecule has 1 aliphatic rings. The normalized spacial score (nSPS) is 14.7. The molecule has 5 nitrogen and oxygen atoms in total. The molecule has 0 unspecified atom stereocenters. The summed E-state index contributed by atoms with van der Waals surface area (Å²) in [5.74, 6) is 0.131. The average Bonchev–Trinajstić information content (AvgIpc) is 2.89. The van der Waals surface area contributed by atoms with Gasteiger partial charge in [0.2, 0.25) is 5.76 Å². The molecule has 0 saturated heterocycles. The van der Waals surface area contributed by atoms with Gasteiger partial charge in [-0.25, -0.2) is 13.2 Å². The average molecular weight is 330 g/mol. The van der Waals surface area contributed by atoms with E-state index in [1.807, 2.05) is 6.07 Å². The zero-order valence-electron chi connectivity index (χ0n) is 12.4. The summed E-state index contributed by atoms with van der Waals surface area (Å²) in [5.41, 5.74) is 1.29. The lowest BCUT2D eigenvalue weighted by Crippen LogP contribution is -2.06. The topological polar surface area (TPSA) is 69.7 Å². The van der Waals surface area contributed by atoms with Crippen LogP contribution >= 0.6 is 0 Å². The molecule has 0 fully saturated rings. The summed E-state index contributed by atoms with van der Waals surface area (Å²) >= 11 is 0. The number of rotatable bonds is 4. The summed E-state index contributed by atoms with van der Waals surface area (Å²) in [5, 5.41) is 0. The highest BCUT2D eigenvalue weighted by Gasteiger charge is 2.28. The van der Waals surface area contributed by atoms with Gasteiger partial charge in [0, 0.05) is 11.8 Å². The van der Waals surface area contributed by atoms with Crippen molar-refractivity contribution in [2.24, 2.45) is 0 Å². The molecule has 0 radical (unpaired) electrons. The molecule has 0 spiro atoms. The van der Waals surface area contributed by atoms with E-state index in [0.717, 1.165) is 6.26 Å². The molecule has 6 heteroatoms. The lowest BCUT2D eigenvalue weighted by Gasteiger charge is -2.07. The fourth-order valence-corrected chi connectivity index (χ4v) is 2.85. The summed E-state index contributed by atoms with van der Waals surface area (Å²) < 4.78 is 33.7. The third-order valence-electron chi connectivity index (χ3n) is 3.40. The molecule has 23 heavy (non-hydrogen) atoms. The van der Waals surface area contributed by atoms with Gasteiger partial charge in [0.1, 0.15) is 12.4 Å². The molecule has 0 saturated carbocycles. The number of benzene rings is 2. The van der Waals surface area contributed by atoms with Crippen molar-refractivity contribution in [3.63, 3.8) is 0 Å². The van der Waals surface area contributed by atoms with Gasteiger partial charge in [0.05, 0.1) is 4.90 Å². The summed E-state index contributed by atoms with van der Waals surface area (Å²) in [6, 6.07) is 15.2. The maximum Gasteiger partial charge on any atom is 0.375 e. The van der Waals surface area contributed by atoms with E-state index in [4.69, 9.17) is 9.47 Å². The zero-order valence-corrected chi connectivity index (χ0v) is 13.2. The molecule has 0 aliphatic carbocycles. The Morgan fingerprint density at radius 1 is 1.00 bits per heavy atom. The van der Waals surface area contributed by atoms with Crippen LogP contribution in [0.1, 0.15) is 5.56 Å². The first-order valence-electron chi connectivity index (χ1n) is 6.89. The van der Waals surface area contributed by atoms with Gasteiger partial charge in [-0.2, -0.15) is 0 Å². The van der Waals surface area contributed by atoms with Crippen LogP contribution in [0, 0.1) is 0 Å². The predicted octanol–water partition coefficient (Wildman–Crippen LogP) is 2.44. The molecule has 0 atom stereocenters. The quantitative estimate of drug-likeness (QED) is 0.805. The molecule has 0 amide bonds. The van der Waals surface area contributed by atoms with E-state index < -0.39 is 15.8 Å². The molecule has 3 rings (SSSR count). The molecule has 0 bridgehead atoms. The number of carbonyl (C=O) groups is 1. The SMILES string of the molecule is CS(=O)(=O)c1ccc(C2=C(Oc3ccccc3)C(=O)OC2)cc1. The molecule has 0 aromatic heterocycles. The van der Waals surface area contributed by atoms with E-state index in [1.165, 1.54) is 12.1 Å². The monoisotopic (exact) mass is 330 g/mol. The van der Waals surface area contributed by atoms with Crippen molar-refractivity contribution in [3.8, 4) is 5.75 Å². The molecule has 2 aromatic carbocycles. The highest BCUT2D eigenvalue weighted by atomic mass is 32.2. The van der Waals surface area contributed by atoms with Crippen LogP contribution in [0.15, 0.2) is 65.3 Å². The van der Waals surface area contributed by atoms with Crippen molar-refractivity contribution in [2.75, 3.05) is 12.9 Å². The van der Waals surface area contributed by atoms with Crippen LogP contribution in [0.2, 0.25) is 0 Å². The van der Waals surface area contributed by atoms with E-state index >= 15 is 0 Å². The standard InChI is InChI=1S/C17H14O5S/c1-23(19,20)14-9-7-12(8-10-14)15-11-21-17(18)16(15)22-13-5-3-2-4-6-13/h2-10H,11H2,1H3. The van der Waals surface area contributed by atoms with E-state index in [-0.39, 0.29) is 17.3 Å². The van der Waals surface area contributed by atoms with Gasteiger partial charge < -0.3 is 9.47 Å². The van der Waals surface area contributed by atoms with Crippen LogP contribution in [-0.2, 0) is 19.4 Å². The van der Waals surface area contributed by atoms with Gasteiger partial charge >= 0.3 is 5.97 Å². The van der Waals surface area contributed by atoms with E-state index in [9.17, 15) is 13.2 Å². The third-order valence-corrected chi connectivity index (χ3v) is 4.53. The number of carbonyl (C=O) groups excluding carboxylic acids is 1. The number of hydrogen-bond donors (Lipinski definition) is 0. The molecule has 1 aliphatic heterocycles. The Morgan fingerprint density at radius 3 is 2.26 bits per heavy atom. The lowest BCUT2D eigenvalue weighted by atomic mass is 10.1. The summed E-state index contributed by atoms with van der Waals surface area (Å²) in [7, 11) is -3.26. The number of hydrogen-bond acceptors (Lipinski definition) is 5. The van der Waals surface area contributed by atoms with Gasteiger partial charge in [-0.3, -0.25) is 0 Å². The Hall–Kier alpha value is -2.60. The Kier molecular flexibility index (Phi) is 3.92. The molecule has 2 aromatic rings. The van der Waals surface area contributed by atoms with Gasteiger partial charge in [-0.15, -0.1) is 0 Å². The second-order valence-corrected chi connectivity index (χ2v) is 7.11. The summed E-state index contributed by atoms with van der Waals surface area (Å²) in [6.07, 6.45) is 1.15. The van der Waals surface area contributed by atoms with Crippen molar-refractivity contribution in [3.05, 3.63) is 65.9 Å². The predicted molar refractivity (Wildman–Crippen MR) is 84.5 cm³/mol. The fraction of sp³-hybridized carbons (Fsp3) is 0.118. The number of cyclic esters (lactones) is 1. The summed E-state index contributed by atoms with van der Waals surface area (Å²) in [6.45, 7) is 0.0965. The van der Waals surface area contributed by atoms with Crippen molar-refractivity contribution in [2.45, 2.75) is 4.90 Å². The highest BCUT2D eigenvalue weighted by Crippen LogP contribution is 2.28. The van der Waals surface area contributed by atoms with Crippen molar-refractivity contribution in [1.82, 2.24) is 0 Å². The van der Waals surface area contributed by atoms with Crippen LogP contribution in [0.25, 0.3) is 5.57 Å². The molecular formula is C17H14O5S. The van der Waals surface area contributed by atoms with Gasteiger partial charge in [0.15, 0.2) is 9.84 Å². The van der Waals surface area contributed by atoms with Crippen molar-refractivity contribution >= 4 is 21.4 Å². The van der Waals surface area contributed by atoms with Gasteiger partial charge in [0.25, 0.3) is 0 Å². The van der Waals surface area contributed by atoms with Crippen LogP contribution < -0.4 is 4.74 Å². The summed E-state index contributed by atoms with van der Waals surface area (Å²) in [4.78, 5) is 12.1. The molecular weight excluding hydrogens is 316 g/mol. The van der Waals surface area contributed by atoms with Crippen LogP contribution in [-0.4, -0.2) is 27.2 Å². The number of sulfone groups is 1. The van der Waals surface area contributed by atoms with Crippen molar-refractivity contribution in [1.29, 1.82) is 0 Å². The largest absolute Gasteiger partial charge is 0.455 e. The fourth-order valence-electron chi connectivity index (χ4n) is 2.22. The van der Waals surface area contributed by atoms with E-state index in [2.05, 4.69) is 0 Å². The second-order valence-electron chi connectivity index (χ2n) is 5.10. The molecule has 0 N–H and O–H groups in total. The molecule has 118 valence electrons. The zero-order chi connectivity index (χ0) is 16.4. The Morgan fingerprint density at radius 2 is 1.65 bits per heavy atom. The number of ether oxygens (including phenoxy) is 2. The maximum absolute atomic E-state index is 11.9. The number of para-hydroxylation sites is 1. The Labute approximate surface area is 134 Å². The first-order valence-corrected chi connectivity index (χ1v) is 8.78. The van der Waals surface area contributed by atoms with Crippen molar-refractivity contribution < 1.29 is 22.7 Å². The first-order chi connectivity index (χ1) is 10.9. The lowest BCUT2D eigenvalue weighted by molar-refractivity contribution is -0.137. The second kappa shape index (κ2) is 5.89. The Balaban J connectivity index is 1.97. The van der Waals surface area contributed by atoms with E-state index in [0.29, 0.717) is 16.9 Å². The van der Waals surface area contributed by atoms with Crippen LogP contribution in [0.3, 0.4) is 0 Å². The van der Waals surface area contributed by atoms with E-state index in [1.54, 1.807) is 36.4 Å². The maximum atomic E-state index is 11.9. The minimum atomic E-state index is -3.26. The number of esters is 1. The molecule has 1 heterocycles. The van der Waals surface area contributed by atoms with Crippen LogP contribution in [0.5, 0.6) is 5.75 Å². The third kappa shape index (κ3) is 3.27.